The molecule has 0 saturated heterocycles. The molecule has 1 fully saturated rings. The van der Waals surface area contributed by atoms with E-state index in [1.54, 1.807) is 20.2 Å². The molecule has 3 aromatic heterocycles. The quantitative estimate of drug-likeness (QED) is 0.159. The molecule has 232 valence electrons. The summed E-state index contributed by atoms with van der Waals surface area (Å²) < 4.78 is 36.6. The first-order chi connectivity index (χ1) is 20.9. The normalized spacial score (nSPS) is 18.9. The molecule has 1 saturated carbocycles. The lowest BCUT2D eigenvalue weighted by atomic mass is 9.95. The number of carbonyl (C=O) groups is 1. The van der Waals surface area contributed by atoms with E-state index in [1.807, 2.05) is 23.6 Å². The van der Waals surface area contributed by atoms with Crippen molar-refractivity contribution in [2.24, 2.45) is 0 Å². The number of oxazole rings is 1. The van der Waals surface area contributed by atoms with Gasteiger partial charge in [-0.15, -0.1) is 0 Å². The zero-order chi connectivity index (χ0) is 30.2. The molecule has 0 amide bonds. The van der Waals surface area contributed by atoms with Gasteiger partial charge in [0.1, 0.15) is 23.8 Å². The summed E-state index contributed by atoms with van der Waals surface area (Å²) in [5.74, 6) is 1.58. The lowest BCUT2D eigenvalue weighted by Gasteiger charge is -2.29. The van der Waals surface area contributed by atoms with Gasteiger partial charge < -0.3 is 32.7 Å². The van der Waals surface area contributed by atoms with Gasteiger partial charge in [0.2, 0.25) is 11.8 Å². The van der Waals surface area contributed by atoms with Gasteiger partial charge in [-0.05, 0) is 65.4 Å². The maximum absolute atomic E-state index is 12.8. The Morgan fingerprint density at radius 2 is 1.95 bits per heavy atom. The highest BCUT2D eigenvalue weighted by Gasteiger charge is 2.25. The molecule has 0 aliphatic heterocycles. The highest BCUT2D eigenvalue weighted by atomic mass is 16.5. The summed E-state index contributed by atoms with van der Waals surface area (Å²) in [5, 5.41) is 0.855. The van der Waals surface area contributed by atoms with Crippen LogP contribution in [0.5, 0.6) is 5.88 Å². The summed E-state index contributed by atoms with van der Waals surface area (Å²) in [6.45, 7) is 8.42. The van der Waals surface area contributed by atoms with Crippen LogP contribution in [0, 0.1) is 6.92 Å². The van der Waals surface area contributed by atoms with Crippen LogP contribution in [-0.2, 0) is 32.1 Å². The number of allylic oxidation sites excluding steroid dienone is 4. The van der Waals surface area contributed by atoms with E-state index in [9.17, 15) is 4.79 Å². The molecule has 5 rings (SSSR count). The minimum Gasteiger partial charge on any atom is -0.475 e. The third kappa shape index (κ3) is 7.93. The second kappa shape index (κ2) is 14.8. The van der Waals surface area contributed by atoms with Crippen molar-refractivity contribution in [3.63, 3.8) is 0 Å². The number of fused-ring (bicyclic) bond motifs is 1. The number of ether oxygens (including phenoxy) is 5. The molecule has 2 aliphatic rings. The molecule has 3 heterocycles. The monoisotopic (exact) mass is 593 g/mol. The summed E-state index contributed by atoms with van der Waals surface area (Å²) in [5.41, 5.74) is 4.54. The summed E-state index contributed by atoms with van der Waals surface area (Å²) in [4.78, 5) is 21.9. The van der Waals surface area contributed by atoms with Crippen LogP contribution in [0.3, 0.4) is 0 Å². The van der Waals surface area contributed by atoms with E-state index in [-0.39, 0.29) is 18.2 Å². The van der Waals surface area contributed by atoms with Gasteiger partial charge >= 0.3 is 5.97 Å². The largest absolute Gasteiger partial charge is 0.475 e. The minimum atomic E-state index is -0.371. The van der Waals surface area contributed by atoms with Crippen molar-refractivity contribution in [3.8, 4) is 5.88 Å². The molecule has 2 unspecified atom stereocenters. The van der Waals surface area contributed by atoms with Gasteiger partial charge in [0.25, 0.3) is 0 Å². The van der Waals surface area contributed by atoms with Crippen LogP contribution in [0.15, 0.2) is 40.5 Å². The topological polar surface area (TPSA) is 107 Å². The van der Waals surface area contributed by atoms with Crippen molar-refractivity contribution in [2.75, 3.05) is 33.5 Å². The molecular weight excluding hydrogens is 550 g/mol. The van der Waals surface area contributed by atoms with Gasteiger partial charge in [-0.3, -0.25) is 0 Å². The van der Waals surface area contributed by atoms with Crippen molar-refractivity contribution in [2.45, 2.75) is 84.7 Å². The van der Waals surface area contributed by atoms with Crippen LogP contribution >= 0.6 is 0 Å². The van der Waals surface area contributed by atoms with Gasteiger partial charge in [0.15, 0.2) is 0 Å². The van der Waals surface area contributed by atoms with Gasteiger partial charge in [0.05, 0.1) is 50.3 Å². The molecule has 2 aliphatic carbocycles. The van der Waals surface area contributed by atoms with Crippen LogP contribution in [0.4, 0.5) is 0 Å². The van der Waals surface area contributed by atoms with Crippen LogP contribution in [-0.4, -0.2) is 66.2 Å². The maximum Gasteiger partial charge on any atom is 0.354 e. The van der Waals surface area contributed by atoms with Crippen molar-refractivity contribution in [1.29, 1.82) is 0 Å². The molecule has 0 N–H and O–H groups in total. The number of nitrogens with zero attached hydrogens (tertiary/aromatic N) is 3. The zero-order valence-corrected chi connectivity index (χ0v) is 25.7. The molecule has 0 aromatic carbocycles. The number of esters is 1. The lowest BCUT2D eigenvalue weighted by molar-refractivity contribution is -0.0523. The zero-order valence-electron chi connectivity index (χ0n) is 25.7. The molecule has 0 radical (unpaired) electrons. The Bertz CT molecular complexity index is 1450. The van der Waals surface area contributed by atoms with Gasteiger partial charge in [-0.1, -0.05) is 17.7 Å². The molecule has 10 heteroatoms. The first kappa shape index (κ1) is 31.0. The maximum atomic E-state index is 12.8. The highest BCUT2D eigenvalue weighted by molar-refractivity contribution is 5.95. The van der Waals surface area contributed by atoms with Crippen molar-refractivity contribution in [3.05, 3.63) is 59.1 Å². The van der Waals surface area contributed by atoms with Gasteiger partial charge in [-0.25, -0.2) is 14.8 Å². The molecule has 10 nitrogen and oxygen atoms in total. The number of carbonyl (C=O) groups excluding carboxylic acids is 1. The van der Waals surface area contributed by atoms with E-state index in [2.05, 4.69) is 24.1 Å². The number of rotatable bonds is 14. The number of methoxy groups -OCH3 is 1. The summed E-state index contributed by atoms with van der Waals surface area (Å²) in [6.07, 6.45) is 12.2. The standard InChI is InChI=1S/C33H43N3O7/c1-5-39-33(37)29-17-25-18-31(41-15-14-38-4)34-20-30(25)36(29)12-13-40-26-10-7-11-27(19-26)42-21-28-23(3)43-32(35-28)24-9-6-8-22(2)16-24/h9,16-18,20,26-27H,5-8,10-15,19,21H2,1-4H3. The van der Waals surface area contributed by atoms with E-state index < -0.39 is 0 Å². The Balaban J connectivity index is 1.17. The van der Waals surface area contributed by atoms with Crippen molar-refractivity contribution in [1.82, 2.24) is 14.5 Å². The van der Waals surface area contributed by atoms with E-state index >= 15 is 0 Å². The third-order valence-electron chi connectivity index (χ3n) is 7.93. The van der Waals surface area contributed by atoms with Gasteiger partial charge in [-0.2, -0.15) is 0 Å². The van der Waals surface area contributed by atoms with Gasteiger partial charge in [0, 0.05) is 30.7 Å². The Labute approximate surface area is 253 Å². The average Bonchev–Trinajstić information content (AvgIpc) is 3.56. The second-order valence-corrected chi connectivity index (χ2v) is 11.1. The van der Waals surface area contributed by atoms with E-state index in [0.717, 1.165) is 66.5 Å². The van der Waals surface area contributed by atoms with Crippen molar-refractivity contribution >= 4 is 22.4 Å². The molecular formula is C33H43N3O7. The number of pyridine rings is 1. The predicted molar refractivity (Wildman–Crippen MR) is 162 cm³/mol. The molecule has 2 atom stereocenters. The Hall–Kier alpha value is -3.47. The van der Waals surface area contributed by atoms with E-state index in [0.29, 0.717) is 57.0 Å². The smallest absolute Gasteiger partial charge is 0.354 e. The molecule has 0 spiro atoms. The van der Waals surface area contributed by atoms with E-state index in [1.165, 1.54) is 5.57 Å². The fraction of sp³-hybridized carbons (Fsp3) is 0.545. The Kier molecular flexibility index (Phi) is 10.7. The number of hydrogen-bond acceptors (Lipinski definition) is 9. The molecule has 43 heavy (non-hydrogen) atoms. The highest BCUT2D eigenvalue weighted by Crippen LogP contribution is 2.29. The first-order valence-corrected chi connectivity index (χ1v) is 15.3. The Morgan fingerprint density at radius 1 is 1.12 bits per heavy atom. The summed E-state index contributed by atoms with van der Waals surface area (Å²) in [7, 11) is 1.62. The molecule has 0 bridgehead atoms. The van der Waals surface area contributed by atoms with Crippen LogP contribution in [0.25, 0.3) is 16.5 Å². The van der Waals surface area contributed by atoms with Crippen LogP contribution in [0.1, 0.15) is 80.2 Å². The number of aryl methyl sites for hydroxylation is 1. The first-order valence-electron chi connectivity index (χ1n) is 15.3. The second-order valence-electron chi connectivity index (χ2n) is 11.1. The van der Waals surface area contributed by atoms with Crippen LogP contribution < -0.4 is 4.74 Å². The predicted octanol–water partition coefficient (Wildman–Crippen LogP) is 6.20. The summed E-state index contributed by atoms with van der Waals surface area (Å²) >= 11 is 0. The fourth-order valence-electron chi connectivity index (χ4n) is 5.66. The number of hydrogen-bond donors (Lipinski definition) is 0. The average molecular weight is 594 g/mol. The summed E-state index contributed by atoms with van der Waals surface area (Å²) in [6, 6.07) is 3.65. The number of aromatic nitrogens is 3. The fourth-order valence-corrected chi connectivity index (χ4v) is 5.66. The van der Waals surface area contributed by atoms with Crippen molar-refractivity contribution < 1.29 is 32.9 Å². The van der Waals surface area contributed by atoms with Crippen LogP contribution in [0.2, 0.25) is 0 Å². The third-order valence-corrected chi connectivity index (χ3v) is 7.93. The lowest BCUT2D eigenvalue weighted by Crippen LogP contribution is -2.29. The van der Waals surface area contributed by atoms with E-state index in [4.69, 9.17) is 33.1 Å². The Morgan fingerprint density at radius 3 is 2.74 bits per heavy atom. The SMILES string of the molecule is CCOC(=O)c1cc2cc(OCCOC)ncc2n1CCOC1CCCC(OCc2nc(C3=CCCC(C)=C3)oc2C)C1. The molecule has 3 aromatic rings. The minimum absolute atomic E-state index is 0.0833.